The van der Waals surface area contributed by atoms with Crippen molar-refractivity contribution in [2.24, 2.45) is 5.73 Å². The van der Waals surface area contributed by atoms with Gasteiger partial charge >= 0.3 is 6.18 Å². The zero-order valence-electron chi connectivity index (χ0n) is 11.6. The van der Waals surface area contributed by atoms with Gasteiger partial charge in [-0.3, -0.25) is 0 Å². The Labute approximate surface area is 112 Å². The fourth-order valence-electron chi connectivity index (χ4n) is 2.07. The van der Waals surface area contributed by atoms with Gasteiger partial charge in [-0.05, 0) is 37.0 Å². The zero-order chi connectivity index (χ0) is 14.6. The second-order valence-corrected chi connectivity index (χ2v) is 4.96. The van der Waals surface area contributed by atoms with Gasteiger partial charge in [0.2, 0.25) is 0 Å². The molecule has 2 N–H and O–H groups in total. The van der Waals surface area contributed by atoms with Crippen LogP contribution in [0.25, 0.3) is 0 Å². The van der Waals surface area contributed by atoms with Crippen molar-refractivity contribution in [1.29, 1.82) is 0 Å². The van der Waals surface area contributed by atoms with Crippen LogP contribution in [0.1, 0.15) is 24.5 Å². The summed E-state index contributed by atoms with van der Waals surface area (Å²) in [7, 11) is 1.45. The Bertz CT molecular complexity index is 416. The Balaban J connectivity index is 2.82. The molecule has 1 atom stereocenters. The lowest BCUT2D eigenvalue weighted by Gasteiger charge is -2.23. The highest BCUT2D eigenvalue weighted by atomic mass is 19.4. The second-order valence-electron chi connectivity index (χ2n) is 4.96. The summed E-state index contributed by atoms with van der Waals surface area (Å²) in [6.45, 7) is 2.90. The molecule has 2 nitrogen and oxygen atoms in total. The molecule has 0 saturated heterocycles. The minimum absolute atomic E-state index is 0.0955. The van der Waals surface area contributed by atoms with E-state index in [2.05, 4.69) is 0 Å². The molecular formula is C14H21F3N2. The first kappa shape index (κ1) is 15.8. The third-order valence-corrected chi connectivity index (χ3v) is 3.11. The highest BCUT2D eigenvalue weighted by Crippen LogP contribution is 2.25. The van der Waals surface area contributed by atoms with Crippen molar-refractivity contribution >= 4 is 5.69 Å². The molecule has 0 bridgehead atoms. The average molecular weight is 274 g/mol. The van der Waals surface area contributed by atoms with Crippen LogP contribution in [0.2, 0.25) is 0 Å². The summed E-state index contributed by atoms with van der Waals surface area (Å²) < 4.78 is 37.1. The van der Waals surface area contributed by atoms with Crippen LogP contribution in [0.3, 0.4) is 0 Å². The first-order chi connectivity index (χ1) is 8.73. The van der Waals surface area contributed by atoms with Crippen LogP contribution in [0.5, 0.6) is 0 Å². The number of anilines is 1. The SMILES string of the molecule is CCC(N)Cc1ccc(N(C)CC(F)(F)F)c(C)c1. The molecule has 19 heavy (non-hydrogen) atoms. The average Bonchev–Trinajstić information content (AvgIpc) is 2.26. The molecule has 0 fully saturated rings. The van der Waals surface area contributed by atoms with Crippen LogP contribution >= 0.6 is 0 Å². The number of hydrogen-bond acceptors (Lipinski definition) is 2. The Morgan fingerprint density at radius 3 is 2.42 bits per heavy atom. The standard InChI is InChI=1S/C14H21F3N2/c1-4-12(18)8-11-5-6-13(10(2)7-11)19(3)9-14(15,16)17/h5-7,12H,4,8-9,18H2,1-3H3. The topological polar surface area (TPSA) is 29.3 Å². The highest BCUT2D eigenvalue weighted by molar-refractivity contribution is 5.54. The smallest absolute Gasteiger partial charge is 0.366 e. The largest absolute Gasteiger partial charge is 0.405 e. The van der Waals surface area contributed by atoms with Gasteiger partial charge in [0, 0.05) is 18.8 Å². The molecule has 0 aliphatic rings. The number of alkyl halides is 3. The molecule has 1 aromatic carbocycles. The summed E-state index contributed by atoms with van der Waals surface area (Å²) in [6.07, 6.45) is -2.56. The van der Waals surface area contributed by atoms with Crippen LogP contribution in [0.4, 0.5) is 18.9 Å². The number of hydrogen-bond donors (Lipinski definition) is 1. The molecule has 0 aliphatic heterocycles. The number of aryl methyl sites for hydroxylation is 1. The van der Waals surface area contributed by atoms with Gasteiger partial charge in [0.1, 0.15) is 6.54 Å². The second kappa shape index (κ2) is 6.28. The third-order valence-electron chi connectivity index (χ3n) is 3.11. The quantitative estimate of drug-likeness (QED) is 0.893. The van der Waals surface area contributed by atoms with Crippen molar-refractivity contribution in [2.45, 2.75) is 38.9 Å². The highest BCUT2D eigenvalue weighted by Gasteiger charge is 2.29. The number of rotatable bonds is 5. The molecular weight excluding hydrogens is 253 g/mol. The van der Waals surface area contributed by atoms with Gasteiger partial charge in [0.05, 0.1) is 0 Å². The van der Waals surface area contributed by atoms with Crippen LogP contribution in [-0.2, 0) is 6.42 Å². The maximum Gasteiger partial charge on any atom is 0.405 e. The molecule has 5 heteroatoms. The van der Waals surface area contributed by atoms with E-state index in [1.807, 2.05) is 26.0 Å². The first-order valence-electron chi connectivity index (χ1n) is 6.36. The van der Waals surface area contributed by atoms with Gasteiger partial charge in [-0.25, -0.2) is 0 Å². The van der Waals surface area contributed by atoms with E-state index in [1.54, 1.807) is 6.07 Å². The van der Waals surface area contributed by atoms with Gasteiger partial charge in [0.25, 0.3) is 0 Å². The predicted molar refractivity (Wildman–Crippen MR) is 72.5 cm³/mol. The molecule has 0 radical (unpaired) electrons. The number of halogens is 3. The Kier molecular flexibility index (Phi) is 5.23. The van der Waals surface area contributed by atoms with E-state index in [4.69, 9.17) is 5.73 Å². The van der Waals surface area contributed by atoms with Gasteiger partial charge in [-0.2, -0.15) is 13.2 Å². The van der Waals surface area contributed by atoms with E-state index in [0.717, 1.165) is 24.0 Å². The van der Waals surface area contributed by atoms with E-state index in [1.165, 1.54) is 11.9 Å². The van der Waals surface area contributed by atoms with E-state index in [0.29, 0.717) is 5.69 Å². The van der Waals surface area contributed by atoms with Gasteiger partial charge in [0.15, 0.2) is 0 Å². The lowest BCUT2D eigenvalue weighted by atomic mass is 10.0. The molecule has 0 aliphatic carbocycles. The molecule has 0 saturated carbocycles. The summed E-state index contributed by atoms with van der Waals surface area (Å²) >= 11 is 0. The van der Waals surface area contributed by atoms with Crippen molar-refractivity contribution < 1.29 is 13.2 Å². The Morgan fingerprint density at radius 2 is 1.95 bits per heavy atom. The number of nitrogens with two attached hydrogens (primary N) is 1. The normalized spacial score (nSPS) is 13.4. The minimum atomic E-state index is -4.19. The van der Waals surface area contributed by atoms with E-state index >= 15 is 0 Å². The summed E-state index contributed by atoms with van der Waals surface area (Å²) in [5.41, 5.74) is 8.39. The molecule has 0 spiro atoms. The van der Waals surface area contributed by atoms with Crippen molar-refractivity contribution in [1.82, 2.24) is 0 Å². The molecule has 1 unspecified atom stereocenters. The third kappa shape index (κ3) is 5.11. The Hall–Kier alpha value is -1.23. The minimum Gasteiger partial charge on any atom is -0.366 e. The van der Waals surface area contributed by atoms with Gasteiger partial charge in [-0.1, -0.05) is 19.1 Å². The van der Waals surface area contributed by atoms with Crippen molar-refractivity contribution in [2.75, 3.05) is 18.5 Å². The van der Waals surface area contributed by atoms with Crippen molar-refractivity contribution in [3.05, 3.63) is 29.3 Å². The van der Waals surface area contributed by atoms with Gasteiger partial charge < -0.3 is 10.6 Å². The fourth-order valence-corrected chi connectivity index (χ4v) is 2.07. The summed E-state index contributed by atoms with van der Waals surface area (Å²) in [4.78, 5) is 1.22. The summed E-state index contributed by atoms with van der Waals surface area (Å²) in [5, 5.41) is 0. The summed E-state index contributed by atoms with van der Waals surface area (Å²) in [5.74, 6) is 0. The van der Waals surface area contributed by atoms with Gasteiger partial charge in [-0.15, -0.1) is 0 Å². The summed E-state index contributed by atoms with van der Waals surface area (Å²) in [6, 6.07) is 5.60. The molecule has 1 aromatic rings. The van der Waals surface area contributed by atoms with E-state index < -0.39 is 12.7 Å². The maximum atomic E-state index is 12.4. The zero-order valence-corrected chi connectivity index (χ0v) is 11.6. The molecule has 0 aromatic heterocycles. The lowest BCUT2D eigenvalue weighted by molar-refractivity contribution is -0.119. The first-order valence-corrected chi connectivity index (χ1v) is 6.36. The molecule has 1 rings (SSSR count). The predicted octanol–water partition coefficient (Wildman–Crippen LogP) is 3.27. The van der Waals surface area contributed by atoms with E-state index in [9.17, 15) is 13.2 Å². The number of nitrogens with zero attached hydrogens (tertiary/aromatic N) is 1. The monoisotopic (exact) mass is 274 g/mol. The molecule has 108 valence electrons. The van der Waals surface area contributed by atoms with Crippen LogP contribution < -0.4 is 10.6 Å². The van der Waals surface area contributed by atoms with Crippen LogP contribution in [0, 0.1) is 6.92 Å². The maximum absolute atomic E-state index is 12.4. The van der Waals surface area contributed by atoms with Crippen LogP contribution in [0.15, 0.2) is 18.2 Å². The molecule has 0 amide bonds. The number of benzene rings is 1. The lowest BCUT2D eigenvalue weighted by Crippen LogP contribution is -2.31. The van der Waals surface area contributed by atoms with Crippen LogP contribution in [-0.4, -0.2) is 25.8 Å². The van der Waals surface area contributed by atoms with Crippen molar-refractivity contribution in [3.8, 4) is 0 Å². The fraction of sp³-hybridized carbons (Fsp3) is 0.571. The molecule has 0 heterocycles. The van der Waals surface area contributed by atoms with E-state index in [-0.39, 0.29) is 6.04 Å². The van der Waals surface area contributed by atoms with Crippen molar-refractivity contribution in [3.63, 3.8) is 0 Å². The Morgan fingerprint density at radius 1 is 1.32 bits per heavy atom.